The Balaban J connectivity index is 1.71. The molecule has 8 heteroatoms. The van der Waals surface area contributed by atoms with Crippen LogP contribution in [0, 0.1) is 15.9 Å². The van der Waals surface area contributed by atoms with Gasteiger partial charge < -0.3 is 14.8 Å². The molecule has 1 aliphatic heterocycles. The van der Waals surface area contributed by atoms with Crippen LogP contribution in [0.5, 0.6) is 0 Å². The van der Waals surface area contributed by atoms with Crippen LogP contribution in [0.4, 0.5) is 15.8 Å². The molecule has 0 saturated carbocycles. The van der Waals surface area contributed by atoms with Crippen molar-refractivity contribution in [3.05, 3.63) is 64.0 Å². The highest BCUT2D eigenvalue weighted by molar-refractivity contribution is 7.98. The van der Waals surface area contributed by atoms with Crippen LogP contribution in [0.25, 0.3) is 0 Å². The Kier molecular flexibility index (Phi) is 6.43. The SMILES string of the molecule is O=[N+]([O-])c1cc(SCc2ccccc2)cc(F)c1NCC1COCCO1. The van der Waals surface area contributed by atoms with E-state index in [1.807, 2.05) is 30.3 Å². The van der Waals surface area contributed by atoms with Gasteiger partial charge in [0.1, 0.15) is 5.69 Å². The fourth-order valence-corrected chi connectivity index (χ4v) is 3.49. The lowest BCUT2D eigenvalue weighted by Crippen LogP contribution is -2.34. The first kappa shape index (κ1) is 18.6. The number of nitro benzene ring substituents is 1. The predicted octanol–water partition coefficient (Wildman–Crippen LogP) is 3.85. The highest BCUT2D eigenvalue weighted by Gasteiger charge is 2.22. The van der Waals surface area contributed by atoms with Gasteiger partial charge in [-0.15, -0.1) is 11.8 Å². The molecule has 138 valence electrons. The van der Waals surface area contributed by atoms with Gasteiger partial charge >= 0.3 is 0 Å². The van der Waals surface area contributed by atoms with E-state index in [2.05, 4.69) is 5.32 Å². The minimum Gasteiger partial charge on any atom is -0.376 e. The van der Waals surface area contributed by atoms with E-state index >= 15 is 0 Å². The fourth-order valence-electron chi connectivity index (χ4n) is 2.58. The molecule has 0 radical (unpaired) electrons. The Morgan fingerprint density at radius 3 is 2.77 bits per heavy atom. The number of rotatable bonds is 7. The molecule has 2 aromatic carbocycles. The van der Waals surface area contributed by atoms with Crippen molar-refractivity contribution >= 4 is 23.1 Å². The molecule has 1 N–H and O–H groups in total. The van der Waals surface area contributed by atoms with Crippen molar-refractivity contribution in [2.45, 2.75) is 16.8 Å². The van der Waals surface area contributed by atoms with E-state index in [-0.39, 0.29) is 24.0 Å². The van der Waals surface area contributed by atoms with Crippen molar-refractivity contribution in [2.75, 3.05) is 31.7 Å². The number of benzene rings is 2. The summed E-state index contributed by atoms with van der Waals surface area (Å²) < 4.78 is 25.2. The molecule has 2 aromatic rings. The Morgan fingerprint density at radius 2 is 2.08 bits per heavy atom. The highest BCUT2D eigenvalue weighted by Crippen LogP contribution is 2.34. The van der Waals surface area contributed by atoms with Crippen LogP contribution in [-0.2, 0) is 15.2 Å². The summed E-state index contributed by atoms with van der Waals surface area (Å²) in [4.78, 5) is 11.3. The van der Waals surface area contributed by atoms with Crippen molar-refractivity contribution in [1.29, 1.82) is 0 Å². The molecular formula is C18H19FN2O4S. The highest BCUT2D eigenvalue weighted by atomic mass is 32.2. The number of ether oxygens (including phenoxy) is 2. The summed E-state index contributed by atoms with van der Waals surface area (Å²) in [6, 6.07) is 12.4. The Labute approximate surface area is 154 Å². The molecule has 1 heterocycles. The molecule has 1 saturated heterocycles. The van der Waals surface area contributed by atoms with E-state index in [4.69, 9.17) is 9.47 Å². The largest absolute Gasteiger partial charge is 0.376 e. The van der Waals surface area contributed by atoms with Crippen molar-refractivity contribution in [1.82, 2.24) is 0 Å². The second-order valence-electron chi connectivity index (χ2n) is 5.78. The van der Waals surface area contributed by atoms with Crippen molar-refractivity contribution in [3.63, 3.8) is 0 Å². The summed E-state index contributed by atoms with van der Waals surface area (Å²) >= 11 is 1.36. The van der Waals surface area contributed by atoms with Crippen molar-refractivity contribution in [2.24, 2.45) is 0 Å². The average molecular weight is 378 g/mol. The Bertz CT molecular complexity index is 754. The predicted molar refractivity (Wildman–Crippen MR) is 98.1 cm³/mol. The van der Waals surface area contributed by atoms with Gasteiger partial charge in [0.05, 0.1) is 30.8 Å². The molecular weight excluding hydrogens is 359 g/mol. The third-order valence-electron chi connectivity index (χ3n) is 3.88. The van der Waals surface area contributed by atoms with Gasteiger partial charge in [-0.05, 0) is 11.6 Å². The lowest BCUT2D eigenvalue weighted by molar-refractivity contribution is -0.384. The Hall–Kier alpha value is -2.16. The van der Waals surface area contributed by atoms with Crippen LogP contribution >= 0.6 is 11.8 Å². The average Bonchev–Trinajstić information content (AvgIpc) is 2.66. The van der Waals surface area contributed by atoms with E-state index in [0.717, 1.165) is 5.56 Å². The summed E-state index contributed by atoms with van der Waals surface area (Å²) in [7, 11) is 0. The normalized spacial score (nSPS) is 17.0. The third-order valence-corrected chi connectivity index (χ3v) is 4.93. The van der Waals surface area contributed by atoms with Crippen LogP contribution in [0.15, 0.2) is 47.4 Å². The molecule has 0 amide bonds. The molecule has 0 spiro atoms. The summed E-state index contributed by atoms with van der Waals surface area (Å²) in [6.45, 7) is 1.62. The second-order valence-corrected chi connectivity index (χ2v) is 6.83. The zero-order valence-electron chi connectivity index (χ0n) is 14.0. The van der Waals surface area contributed by atoms with Crippen LogP contribution in [0.1, 0.15) is 5.56 Å². The minimum atomic E-state index is -0.647. The van der Waals surface area contributed by atoms with Crippen molar-refractivity contribution < 1.29 is 18.8 Å². The summed E-state index contributed by atoms with van der Waals surface area (Å²) in [5.74, 6) is -0.0382. The Morgan fingerprint density at radius 1 is 1.27 bits per heavy atom. The molecule has 26 heavy (non-hydrogen) atoms. The second kappa shape index (κ2) is 8.98. The van der Waals surface area contributed by atoms with Gasteiger partial charge in [0.2, 0.25) is 0 Å². The van der Waals surface area contributed by atoms with Gasteiger partial charge in [-0.2, -0.15) is 0 Å². The van der Waals surface area contributed by atoms with Gasteiger partial charge in [0.15, 0.2) is 5.82 Å². The minimum absolute atomic E-state index is 0.117. The maximum absolute atomic E-state index is 14.5. The molecule has 1 aliphatic rings. The smallest absolute Gasteiger partial charge is 0.296 e. The fraction of sp³-hybridized carbons (Fsp3) is 0.333. The lowest BCUT2D eigenvalue weighted by Gasteiger charge is -2.23. The first-order valence-electron chi connectivity index (χ1n) is 8.21. The van der Waals surface area contributed by atoms with Crippen LogP contribution in [-0.4, -0.2) is 37.4 Å². The molecule has 1 fully saturated rings. The summed E-state index contributed by atoms with van der Waals surface area (Å²) in [5.41, 5.74) is 0.669. The molecule has 1 atom stereocenters. The topological polar surface area (TPSA) is 73.6 Å². The third kappa shape index (κ3) is 4.94. The number of nitrogens with one attached hydrogen (secondary N) is 1. The first-order chi connectivity index (χ1) is 12.6. The van der Waals surface area contributed by atoms with E-state index in [0.29, 0.717) is 30.5 Å². The molecule has 0 bridgehead atoms. The molecule has 0 aliphatic carbocycles. The number of hydrogen-bond acceptors (Lipinski definition) is 6. The van der Waals surface area contributed by atoms with Gasteiger partial charge in [-0.1, -0.05) is 30.3 Å². The quantitative estimate of drug-likeness (QED) is 0.448. The number of halogens is 1. The molecule has 1 unspecified atom stereocenters. The first-order valence-corrected chi connectivity index (χ1v) is 9.20. The maximum Gasteiger partial charge on any atom is 0.296 e. The summed E-state index contributed by atoms with van der Waals surface area (Å²) in [6.07, 6.45) is -0.255. The number of anilines is 1. The van der Waals surface area contributed by atoms with Gasteiger partial charge in [0.25, 0.3) is 5.69 Å². The zero-order chi connectivity index (χ0) is 18.4. The molecule has 6 nitrogen and oxygen atoms in total. The zero-order valence-corrected chi connectivity index (χ0v) is 14.8. The van der Waals surface area contributed by atoms with Crippen LogP contribution < -0.4 is 5.32 Å². The molecule has 3 rings (SSSR count). The number of nitrogens with zero attached hydrogens (tertiary/aromatic N) is 1. The van der Waals surface area contributed by atoms with Crippen LogP contribution in [0.3, 0.4) is 0 Å². The number of nitro groups is 1. The van der Waals surface area contributed by atoms with Gasteiger partial charge in [-0.3, -0.25) is 10.1 Å². The standard InChI is InChI=1S/C18H19FN2O4S/c19-16-8-15(26-12-13-4-2-1-3-5-13)9-17(21(22)23)18(16)20-10-14-11-24-6-7-25-14/h1-5,8-9,14,20H,6-7,10-12H2. The lowest BCUT2D eigenvalue weighted by atomic mass is 10.2. The van der Waals surface area contributed by atoms with Gasteiger partial charge in [-0.25, -0.2) is 4.39 Å². The maximum atomic E-state index is 14.5. The van der Waals surface area contributed by atoms with Crippen LogP contribution in [0.2, 0.25) is 0 Å². The number of thioether (sulfide) groups is 1. The van der Waals surface area contributed by atoms with E-state index < -0.39 is 10.7 Å². The van der Waals surface area contributed by atoms with E-state index in [1.54, 1.807) is 0 Å². The van der Waals surface area contributed by atoms with Crippen molar-refractivity contribution in [3.8, 4) is 0 Å². The monoisotopic (exact) mass is 378 g/mol. The molecule has 0 aromatic heterocycles. The summed E-state index contributed by atoms with van der Waals surface area (Å²) in [5, 5.41) is 14.2. The van der Waals surface area contributed by atoms with E-state index in [9.17, 15) is 14.5 Å². The van der Waals surface area contributed by atoms with E-state index in [1.165, 1.54) is 23.9 Å². The number of hydrogen-bond donors (Lipinski definition) is 1. The van der Waals surface area contributed by atoms with Gasteiger partial charge in [0, 0.05) is 23.3 Å².